The summed E-state index contributed by atoms with van der Waals surface area (Å²) in [6, 6.07) is 17.8. The normalized spacial score (nSPS) is 10.2. The molecule has 0 saturated heterocycles. The van der Waals surface area contributed by atoms with Crippen LogP contribution >= 0.6 is 11.6 Å². The number of rotatable bonds is 5. The predicted molar refractivity (Wildman–Crippen MR) is 104 cm³/mol. The molecule has 1 N–H and O–H groups in total. The van der Waals surface area contributed by atoms with Gasteiger partial charge in [0.05, 0.1) is 10.5 Å². The number of nitrogens with zero attached hydrogens (tertiary/aromatic N) is 1. The molecule has 0 heterocycles. The lowest BCUT2D eigenvalue weighted by Gasteiger charge is -2.08. The van der Waals surface area contributed by atoms with Gasteiger partial charge in [-0.1, -0.05) is 11.6 Å². The zero-order valence-electron chi connectivity index (χ0n) is 14.3. The van der Waals surface area contributed by atoms with Gasteiger partial charge in [0.1, 0.15) is 5.75 Å². The summed E-state index contributed by atoms with van der Waals surface area (Å²) in [6.45, 7) is 0. The first-order chi connectivity index (χ1) is 13.4. The number of non-ortho nitro benzene ring substituents is 1. The number of ether oxygens (including phenoxy) is 1. The molecular weight excluding hydrogens is 384 g/mol. The van der Waals surface area contributed by atoms with E-state index >= 15 is 0 Å². The molecule has 7 nitrogen and oxygen atoms in total. The van der Waals surface area contributed by atoms with E-state index in [-0.39, 0.29) is 22.9 Å². The molecule has 0 aromatic heterocycles. The summed E-state index contributed by atoms with van der Waals surface area (Å²) in [6.07, 6.45) is 0. The summed E-state index contributed by atoms with van der Waals surface area (Å²) in [7, 11) is 0. The first kappa shape index (κ1) is 19.1. The molecule has 8 heteroatoms. The predicted octanol–water partition coefficient (Wildman–Crippen LogP) is 4.72. The summed E-state index contributed by atoms with van der Waals surface area (Å²) in [5.41, 5.74) is 1.05. The maximum atomic E-state index is 12.2. The summed E-state index contributed by atoms with van der Waals surface area (Å²) in [5, 5.41) is 13.9. The molecule has 28 heavy (non-hydrogen) atoms. The zero-order valence-corrected chi connectivity index (χ0v) is 15.1. The van der Waals surface area contributed by atoms with E-state index in [1.807, 2.05) is 0 Å². The van der Waals surface area contributed by atoms with Crippen molar-refractivity contribution in [2.75, 3.05) is 5.32 Å². The number of nitrogens with one attached hydrogen (secondary N) is 1. The number of anilines is 1. The fourth-order valence-corrected chi connectivity index (χ4v) is 2.42. The van der Waals surface area contributed by atoms with Gasteiger partial charge >= 0.3 is 5.97 Å². The lowest BCUT2D eigenvalue weighted by Crippen LogP contribution is -2.12. The Morgan fingerprint density at radius 3 is 2.00 bits per heavy atom. The molecule has 0 aliphatic rings. The lowest BCUT2D eigenvalue weighted by molar-refractivity contribution is -0.384. The zero-order chi connectivity index (χ0) is 20.1. The average molecular weight is 397 g/mol. The Kier molecular flexibility index (Phi) is 5.67. The molecule has 0 spiro atoms. The van der Waals surface area contributed by atoms with Gasteiger partial charge in [-0.25, -0.2) is 4.79 Å². The standard InChI is InChI=1S/C20H13ClN2O5/c21-15-5-1-13(2-6-15)19(24)22-16-7-11-18(12-8-16)28-20(25)14-3-9-17(10-4-14)23(26)27/h1-12H,(H,22,24). The second-order valence-corrected chi connectivity index (χ2v) is 6.12. The van der Waals surface area contributed by atoms with E-state index in [1.165, 1.54) is 36.4 Å². The fourth-order valence-electron chi connectivity index (χ4n) is 2.30. The number of nitro benzene ring substituents is 1. The summed E-state index contributed by atoms with van der Waals surface area (Å²) >= 11 is 5.80. The number of carbonyl (C=O) groups excluding carboxylic acids is 2. The molecule has 0 radical (unpaired) electrons. The van der Waals surface area contributed by atoms with Crippen molar-refractivity contribution in [3.05, 3.63) is 99.1 Å². The first-order valence-corrected chi connectivity index (χ1v) is 8.44. The smallest absolute Gasteiger partial charge is 0.343 e. The Labute approximate surface area is 164 Å². The molecule has 0 saturated carbocycles. The van der Waals surface area contributed by atoms with Crippen LogP contribution in [0.2, 0.25) is 5.02 Å². The summed E-state index contributed by atoms with van der Waals surface area (Å²) < 4.78 is 5.22. The third-order valence-electron chi connectivity index (χ3n) is 3.74. The highest BCUT2D eigenvalue weighted by molar-refractivity contribution is 6.30. The van der Waals surface area contributed by atoms with Gasteiger partial charge in [0.25, 0.3) is 11.6 Å². The molecule has 3 aromatic rings. The topological polar surface area (TPSA) is 98.5 Å². The van der Waals surface area contributed by atoms with Gasteiger partial charge in [-0.05, 0) is 60.7 Å². The largest absolute Gasteiger partial charge is 0.423 e. The molecular formula is C20H13ClN2O5. The molecule has 0 atom stereocenters. The second-order valence-electron chi connectivity index (χ2n) is 5.68. The summed E-state index contributed by atoms with van der Waals surface area (Å²) in [4.78, 5) is 34.3. The van der Waals surface area contributed by atoms with Crippen molar-refractivity contribution in [3.8, 4) is 5.75 Å². The molecule has 3 rings (SSSR count). The maximum Gasteiger partial charge on any atom is 0.343 e. The van der Waals surface area contributed by atoms with Crippen LogP contribution in [-0.2, 0) is 0 Å². The number of hydrogen-bond acceptors (Lipinski definition) is 5. The number of halogens is 1. The third-order valence-corrected chi connectivity index (χ3v) is 3.99. The minimum absolute atomic E-state index is 0.114. The number of benzene rings is 3. The Morgan fingerprint density at radius 2 is 1.43 bits per heavy atom. The van der Waals surface area contributed by atoms with Crippen molar-refractivity contribution < 1.29 is 19.2 Å². The number of carbonyl (C=O) groups is 2. The number of nitro groups is 1. The molecule has 0 unspecified atom stereocenters. The Morgan fingerprint density at radius 1 is 0.857 bits per heavy atom. The van der Waals surface area contributed by atoms with Crippen LogP contribution in [0, 0.1) is 10.1 Å². The van der Waals surface area contributed by atoms with Gasteiger partial charge in [-0.2, -0.15) is 0 Å². The molecule has 0 aliphatic heterocycles. The van der Waals surface area contributed by atoms with Crippen LogP contribution in [0.5, 0.6) is 5.75 Å². The van der Waals surface area contributed by atoms with Crippen molar-refractivity contribution in [2.24, 2.45) is 0 Å². The van der Waals surface area contributed by atoms with Gasteiger partial charge in [-0.3, -0.25) is 14.9 Å². The van der Waals surface area contributed by atoms with Gasteiger partial charge in [0, 0.05) is 28.4 Å². The van der Waals surface area contributed by atoms with Crippen molar-refractivity contribution in [1.29, 1.82) is 0 Å². The Hall–Kier alpha value is -3.71. The molecule has 3 aromatic carbocycles. The fraction of sp³-hybridized carbons (Fsp3) is 0. The molecule has 0 aliphatic carbocycles. The Bertz CT molecular complexity index is 1020. The van der Waals surface area contributed by atoms with E-state index in [9.17, 15) is 19.7 Å². The molecule has 140 valence electrons. The van der Waals surface area contributed by atoms with E-state index in [0.29, 0.717) is 16.3 Å². The van der Waals surface area contributed by atoms with Crippen molar-refractivity contribution in [3.63, 3.8) is 0 Å². The van der Waals surface area contributed by atoms with Gasteiger partial charge < -0.3 is 10.1 Å². The van der Waals surface area contributed by atoms with Crippen molar-refractivity contribution in [2.45, 2.75) is 0 Å². The molecule has 0 bridgehead atoms. The lowest BCUT2D eigenvalue weighted by atomic mass is 10.2. The van der Waals surface area contributed by atoms with Crippen LogP contribution in [0.4, 0.5) is 11.4 Å². The molecule has 1 amide bonds. The number of hydrogen-bond donors (Lipinski definition) is 1. The average Bonchev–Trinajstić information content (AvgIpc) is 2.70. The van der Waals surface area contributed by atoms with Gasteiger partial charge in [0.2, 0.25) is 0 Å². The van der Waals surface area contributed by atoms with Crippen LogP contribution in [0.15, 0.2) is 72.8 Å². The SMILES string of the molecule is O=C(Nc1ccc(OC(=O)c2ccc([N+](=O)[O-])cc2)cc1)c1ccc(Cl)cc1. The van der Waals surface area contributed by atoms with Crippen LogP contribution in [0.25, 0.3) is 0 Å². The van der Waals surface area contributed by atoms with Crippen LogP contribution in [0.3, 0.4) is 0 Å². The van der Waals surface area contributed by atoms with E-state index in [4.69, 9.17) is 16.3 Å². The van der Waals surface area contributed by atoms with Gasteiger partial charge in [0.15, 0.2) is 0 Å². The van der Waals surface area contributed by atoms with Crippen LogP contribution < -0.4 is 10.1 Å². The highest BCUT2D eigenvalue weighted by atomic mass is 35.5. The number of amides is 1. The van der Waals surface area contributed by atoms with E-state index in [0.717, 1.165) is 0 Å². The minimum atomic E-state index is -0.646. The van der Waals surface area contributed by atoms with E-state index in [2.05, 4.69) is 5.32 Å². The monoisotopic (exact) mass is 396 g/mol. The molecule has 0 fully saturated rings. The van der Waals surface area contributed by atoms with E-state index in [1.54, 1.807) is 36.4 Å². The summed E-state index contributed by atoms with van der Waals surface area (Å²) in [5.74, 6) is -0.673. The number of esters is 1. The third kappa shape index (κ3) is 4.72. The highest BCUT2D eigenvalue weighted by Crippen LogP contribution is 2.19. The van der Waals surface area contributed by atoms with Crippen molar-refractivity contribution >= 4 is 34.9 Å². The minimum Gasteiger partial charge on any atom is -0.423 e. The van der Waals surface area contributed by atoms with Crippen LogP contribution in [-0.4, -0.2) is 16.8 Å². The Balaban J connectivity index is 1.62. The van der Waals surface area contributed by atoms with E-state index < -0.39 is 10.9 Å². The first-order valence-electron chi connectivity index (χ1n) is 8.06. The maximum absolute atomic E-state index is 12.2. The van der Waals surface area contributed by atoms with Crippen molar-refractivity contribution in [1.82, 2.24) is 0 Å². The van der Waals surface area contributed by atoms with Crippen LogP contribution in [0.1, 0.15) is 20.7 Å². The quantitative estimate of drug-likeness (QED) is 0.291. The highest BCUT2D eigenvalue weighted by Gasteiger charge is 2.12. The second kappa shape index (κ2) is 8.32. The van der Waals surface area contributed by atoms with Gasteiger partial charge in [-0.15, -0.1) is 0 Å².